The van der Waals surface area contributed by atoms with Gasteiger partial charge in [0.1, 0.15) is 0 Å². The summed E-state index contributed by atoms with van der Waals surface area (Å²) in [6.07, 6.45) is 3.14. The molecule has 1 unspecified atom stereocenters. The van der Waals surface area contributed by atoms with Crippen LogP contribution in [-0.2, 0) is 22.9 Å². The summed E-state index contributed by atoms with van der Waals surface area (Å²) < 4.78 is 27.8. The second-order valence-corrected chi connectivity index (χ2v) is 6.86. The second-order valence-electron chi connectivity index (χ2n) is 5.18. The number of nitrogens with one attached hydrogen (secondary N) is 1. The van der Waals surface area contributed by atoms with Gasteiger partial charge in [0.2, 0.25) is 10.0 Å². The van der Waals surface area contributed by atoms with E-state index in [4.69, 9.17) is 5.73 Å². The Hall–Kier alpha value is -1.07. The Balaban J connectivity index is 3.25. The van der Waals surface area contributed by atoms with E-state index in [9.17, 15) is 8.42 Å². The van der Waals surface area contributed by atoms with Crippen LogP contribution in [0, 0.1) is 0 Å². The Morgan fingerprint density at radius 3 is 2.35 bits per heavy atom. The monoisotopic (exact) mass is 298 g/mol. The van der Waals surface area contributed by atoms with Crippen LogP contribution in [0.25, 0.3) is 0 Å². The van der Waals surface area contributed by atoms with E-state index in [1.807, 2.05) is 33.8 Å². The summed E-state index contributed by atoms with van der Waals surface area (Å²) in [4.78, 5) is 0.333. The van der Waals surface area contributed by atoms with Crippen molar-refractivity contribution in [3.8, 4) is 0 Å². The van der Waals surface area contributed by atoms with E-state index in [2.05, 4.69) is 4.72 Å². The number of sulfonamides is 1. The van der Waals surface area contributed by atoms with Crippen molar-refractivity contribution < 1.29 is 8.42 Å². The minimum absolute atomic E-state index is 0.0683. The molecule has 1 aromatic carbocycles. The van der Waals surface area contributed by atoms with Gasteiger partial charge in [0, 0.05) is 11.7 Å². The minimum Gasteiger partial charge on any atom is -0.398 e. The van der Waals surface area contributed by atoms with Gasteiger partial charge in [0.25, 0.3) is 0 Å². The first-order valence-corrected chi connectivity index (χ1v) is 8.77. The molecule has 0 aliphatic rings. The van der Waals surface area contributed by atoms with Gasteiger partial charge in [-0.05, 0) is 49.4 Å². The van der Waals surface area contributed by atoms with Crippen LogP contribution < -0.4 is 10.5 Å². The lowest BCUT2D eigenvalue weighted by atomic mass is 10.1. The van der Waals surface area contributed by atoms with Crippen LogP contribution in [0.5, 0.6) is 0 Å². The molecule has 3 N–H and O–H groups in total. The maximum absolute atomic E-state index is 12.6. The molecular formula is C15H26N2O2S. The first kappa shape index (κ1) is 17.0. The molecule has 0 heterocycles. The maximum atomic E-state index is 12.6. The first-order chi connectivity index (χ1) is 9.35. The van der Waals surface area contributed by atoms with Gasteiger partial charge >= 0.3 is 0 Å². The van der Waals surface area contributed by atoms with Crippen molar-refractivity contribution in [2.45, 2.75) is 64.3 Å². The average molecular weight is 298 g/mol. The zero-order chi connectivity index (χ0) is 15.3. The molecule has 5 heteroatoms. The van der Waals surface area contributed by atoms with E-state index >= 15 is 0 Å². The van der Waals surface area contributed by atoms with E-state index in [1.54, 1.807) is 6.07 Å². The highest BCUT2D eigenvalue weighted by atomic mass is 32.2. The number of hydrogen-bond donors (Lipinski definition) is 2. The fraction of sp³-hybridized carbons (Fsp3) is 0.600. The van der Waals surface area contributed by atoms with Gasteiger partial charge in [-0.15, -0.1) is 0 Å². The molecule has 0 spiro atoms. The molecule has 0 aliphatic carbocycles. The number of rotatable bonds is 7. The van der Waals surface area contributed by atoms with Crippen molar-refractivity contribution in [1.82, 2.24) is 4.72 Å². The van der Waals surface area contributed by atoms with Crippen molar-refractivity contribution in [3.63, 3.8) is 0 Å². The smallest absolute Gasteiger partial charge is 0.241 e. The summed E-state index contributed by atoms with van der Waals surface area (Å²) in [5.41, 5.74) is 8.22. The molecule has 0 aromatic heterocycles. The lowest BCUT2D eigenvalue weighted by molar-refractivity contribution is 0.543. The fourth-order valence-electron chi connectivity index (χ4n) is 2.37. The Labute approximate surface area is 122 Å². The van der Waals surface area contributed by atoms with Crippen molar-refractivity contribution in [2.75, 3.05) is 5.73 Å². The van der Waals surface area contributed by atoms with Gasteiger partial charge in [-0.25, -0.2) is 13.1 Å². The van der Waals surface area contributed by atoms with E-state index in [-0.39, 0.29) is 6.04 Å². The molecule has 0 aliphatic heterocycles. The van der Waals surface area contributed by atoms with Crippen LogP contribution in [0.2, 0.25) is 0 Å². The SMILES string of the molecule is CCCC(C)NS(=O)(=O)c1cc(CC)cc(N)c1CC. The van der Waals surface area contributed by atoms with Crippen LogP contribution in [0.4, 0.5) is 5.69 Å². The van der Waals surface area contributed by atoms with Crippen LogP contribution >= 0.6 is 0 Å². The van der Waals surface area contributed by atoms with Crippen LogP contribution in [0.3, 0.4) is 0 Å². The standard InChI is InChI=1S/C15H26N2O2S/c1-5-8-11(4)17-20(18,19)15-10-12(6-2)9-14(16)13(15)7-3/h9-11,17H,5-8,16H2,1-4H3. The molecule has 0 bridgehead atoms. The summed E-state index contributed by atoms with van der Waals surface area (Å²) in [7, 11) is -3.51. The van der Waals surface area contributed by atoms with Gasteiger partial charge in [0.15, 0.2) is 0 Å². The molecular weight excluding hydrogens is 272 g/mol. The molecule has 1 aromatic rings. The quantitative estimate of drug-likeness (QED) is 0.760. The third-order valence-corrected chi connectivity index (χ3v) is 5.09. The average Bonchev–Trinajstić information content (AvgIpc) is 2.37. The molecule has 4 nitrogen and oxygen atoms in total. The summed E-state index contributed by atoms with van der Waals surface area (Å²) in [6.45, 7) is 7.84. The van der Waals surface area contributed by atoms with Crippen molar-refractivity contribution in [3.05, 3.63) is 23.3 Å². The van der Waals surface area contributed by atoms with Crippen LogP contribution in [-0.4, -0.2) is 14.5 Å². The molecule has 0 saturated heterocycles. The third-order valence-electron chi connectivity index (χ3n) is 3.43. The van der Waals surface area contributed by atoms with Crippen LogP contribution in [0.1, 0.15) is 51.7 Å². The first-order valence-electron chi connectivity index (χ1n) is 7.29. The molecule has 1 rings (SSSR count). The summed E-state index contributed by atoms with van der Waals surface area (Å²) in [5.74, 6) is 0. The lowest BCUT2D eigenvalue weighted by Gasteiger charge is -2.17. The van der Waals surface area contributed by atoms with E-state index in [0.717, 1.165) is 24.8 Å². The molecule has 0 amide bonds. The normalized spacial score (nSPS) is 13.4. The predicted octanol–water partition coefficient (Wildman–Crippen LogP) is 2.86. The van der Waals surface area contributed by atoms with Crippen molar-refractivity contribution >= 4 is 15.7 Å². The van der Waals surface area contributed by atoms with Gasteiger partial charge in [-0.2, -0.15) is 0 Å². The summed E-state index contributed by atoms with van der Waals surface area (Å²) in [6, 6.07) is 3.55. The largest absolute Gasteiger partial charge is 0.398 e. The molecule has 114 valence electrons. The number of nitrogens with two attached hydrogens (primary N) is 1. The summed E-state index contributed by atoms with van der Waals surface area (Å²) in [5, 5.41) is 0. The number of nitrogen functional groups attached to an aromatic ring is 1. The molecule has 0 fully saturated rings. The Bertz CT molecular complexity index is 553. The van der Waals surface area contributed by atoms with Crippen molar-refractivity contribution in [2.24, 2.45) is 0 Å². The molecule has 1 atom stereocenters. The van der Waals surface area contributed by atoms with Gasteiger partial charge in [0.05, 0.1) is 4.90 Å². The highest BCUT2D eigenvalue weighted by Gasteiger charge is 2.22. The van der Waals surface area contributed by atoms with E-state index in [1.165, 1.54) is 0 Å². The number of hydrogen-bond acceptors (Lipinski definition) is 3. The fourth-order valence-corrected chi connectivity index (χ4v) is 4.04. The highest BCUT2D eigenvalue weighted by Crippen LogP contribution is 2.25. The zero-order valence-electron chi connectivity index (χ0n) is 12.9. The highest BCUT2D eigenvalue weighted by molar-refractivity contribution is 7.89. The van der Waals surface area contributed by atoms with E-state index < -0.39 is 10.0 Å². The second kappa shape index (κ2) is 7.09. The van der Waals surface area contributed by atoms with Crippen LogP contribution in [0.15, 0.2) is 17.0 Å². The summed E-state index contributed by atoms with van der Waals surface area (Å²) >= 11 is 0. The Morgan fingerprint density at radius 1 is 1.20 bits per heavy atom. The minimum atomic E-state index is -3.51. The van der Waals surface area contributed by atoms with Gasteiger partial charge < -0.3 is 5.73 Å². The maximum Gasteiger partial charge on any atom is 0.241 e. The van der Waals surface area contributed by atoms with Crippen molar-refractivity contribution in [1.29, 1.82) is 0 Å². The Morgan fingerprint density at radius 2 is 1.85 bits per heavy atom. The number of aryl methyl sites for hydroxylation is 1. The topological polar surface area (TPSA) is 72.2 Å². The zero-order valence-corrected chi connectivity index (χ0v) is 13.7. The third kappa shape index (κ3) is 3.96. The van der Waals surface area contributed by atoms with E-state index in [0.29, 0.717) is 22.6 Å². The van der Waals surface area contributed by atoms with Gasteiger partial charge in [-0.3, -0.25) is 0 Å². The number of benzene rings is 1. The molecule has 0 saturated carbocycles. The van der Waals surface area contributed by atoms with Gasteiger partial charge in [-0.1, -0.05) is 27.2 Å². The molecule has 0 radical (unpaired) electrons. The molecule has 20 heavy (non-hydrogen) atoms. The number of anilines is 1. The Kier molecular flexibility index (Phi) is 6.02. The predicted molar refractivity (Wildman–Crippen MR) is 84.3 cm³/mol. The lowest BCUT2D eigenvalue weighted by Crippen LogP contribution is -2.33.